The molecule has 6 aromatic rings. The highest BCUT2D eigenvalue weighted by Gasteiger charge is 2.28. The van der Waals surface area contributed by atoms with Crippen LogP contribution in [0.15, 0.2) is 77.4 Å². The highest BCUT2D eigenvalue weighted by atomic mass is 19.1. The summed E-state index contributed by atoms with van der Waals surface area (Å²) in [7, 11) is 0. The van der Waals surface area contributed by atoms with Crippen molar-refractivity contribution in [1.82, 2.24) is 40.9 Å². The number of piperidine rings is 1. The number of hydrogen-bond acceptors (Lipinski definition) is 11. The van der Waals surface area contributed by atoms with Gasteiger partial charge in [-0.1, -0.05) is 50.2 Å². The molecule has 3 N–H and O–H groups in total. The van der Waals surface area contributed by atoms with Crippen molar-refractivity contribution in [3.05, 3.63) is 102 Å². The van der Waals surface area contributed by atoms with Crippen molar-refractivity contribution in [2.45, 2.75) is 58.4 Å². The Kier molecular flexibility index (Phi) is 11.8. The Morgan fingerprint density at radius 3 is 2.28 bits per heavy atom. The minimum atomic E-state index is -0.586. The fourth-order valence-electron chi connectivity index (χ4n) is 8.64. The molecule has 17 heteroatoms. The molecule has 0 spiro atoms. The van der Waals surface area contributed by atoms with Crippen molar-refractivity contribution in [3.63, 3.8) is 0 Å². The van der Waals surface area contributed by atoms with Crippen LogP contribution < -0.4 is 25.3 Å². The van der Waals surface area contributed by atoms with Gasteiger partial charge in [0.15, 0.2) is 11.5 Å². The maximum atomic E-state index is 15.4. The molecule has 3 aliphatic heterocycles. The molecular formula is C47H51F2N11O4. The van der Waals surface area contributed by atoms with E-state index in [1.165, 1.54) is 22.7 Å². The normalized spacial score (nSPS) is 16.7. The van der Waals surface area contributed by atoms with E-state index < -0.39 is 23.6 Å². The maximum absolute atomic E-state index is 15.4. The zero-order valence-electron chi connectivity index (χ0n) is 36.2. The molecule has 0 bridgehead atoms. The number of pyridine rings is 1. The fraction of sp³-hybridized carbons (Fsp3) is 0.383. The predicted molar refractivity (Wildman–Crippen MR) is 239 cm³/mol. The number of imide groups is 1. The first-order valence-electron chi connectivity index (χ1n) is 21.8. The zero-order chi connectivity index (χ0) is 44.5. The molecule has 4 amide bonds. The number of piperazine rings is 1. The van der Waals surface area contributed by atoms with Crippen LogP contribution in [0.2, 0.25) is 0 Å². The lowest BCUT2D eigenvalue weighted by molar-refractivity contribution is -0.120. The van der Waals surface area contributed by atoms with E-state index in [9.17, 15) is 14.4 Å². The highest BCUT2D eigenvalue weighted by Crippen LogP contribution is 2.33. The molecule has 0 saturated carbocycles. The molecular weight excluding hydrogens is 821 g/mol. The Hall–Kier alpha value is -6.75. The van der Waals surface area contributed by atoms with Gasteiger partial charge in [-0.15, -0.1) is 0 Å². The Bertz CT molecular complexity index is 2680. The fourth-order valence-corrected chi connectivity index (χ4v) is 8.64. The van der Waals surface area contributed by atoms with Crippen LogP contribution in [-0.4, -0.2) is 100 Å². The molecule has 0 atom stereocenters. The summed E-state index contributed by atoms with van der Waals surface area (Å²) in [4.78, 5) is 53.6. The number of carbonyl (C=O) groups is 3. The number of urea groups is 1. The lowest BCUT2D eigenvalue weighted by Gasteiger charge is -2.38. The van der Waals surface area contributed by atoms with Gasteiger partial charge >= 0.3 is 17.8 Å². The van der Waals surface area contributed by atoms with Crippen LogP contribution in [0, 0.1) is 17.6 Å². The molecule has 332 valence electrons. The number of aromatic nitrogens is 5. The number of amides is 4. The number of halogens is 2. The molecule has 3 saturated heterocycles. The Morgan fingerprint density at radius 1 is 0.844 bits per heavy atom. The summed E-state index contributed by atoms with van der Waals surface area (Å²) < 4.78 is 35.6. The quantitative estimate of drug-likeness (QED) is 0.122. The van der Waals surface area contributed by atoms with E-state index in [0.717, 1.165) is 87.3 Å². The molecule has 3 aromatic heterocycles. The van der Waals surface area contributed by atoms with Crippen molar-refractivity contribution >= 4 is 45.9 Å². The van der Waals surface area contributed by atoms with Crippen molar-refractivity contribution in [2.24, 2.45) is 5.92 Å². The first-order chi connectivity index (χ1) is 30.9. The van der Waals surface area contributed by atoms with Gasteiger partial charge in [0.2, 0.25) is 5.91 Å². The third-order valence-electron chi connectivity index (χ3n) is 12.5. The molecule has 15 nitrogen and oxygen atoms in total. The summed E-state index contributed by atoms with van der Waals surface area (Å²) >= 11 is 0. The Labute approximate surface area is 369 Å². The number of benzene rings is 3. The van der Waals surface area contributed by atoms with E-state index in [1.54, 1.807) is 24.4 Å². The highest BCUT2D eigenvalue weighted by molar-refractivity contribution is 6.05. The van der Waals surface area contributed by atoms with Crippen molar-refractivity contribution in [3.8, 4) is 22.4 Å². The molecule has 64 heavy (non-hydrogen) atoms. The maximum Gasteiger partial charge on any atom is 0.328 e. The van der Waals surface area contributed by atoms with Gasteiger partial charge in [0.25, 0.3) is 0 Å². The summed E-state index contributed by atoms with van der Waals surface area (Å²) in [5.74, 6) is -0.997. The summed E-state index contributed by atoms with van der Waals surface area (Å²) in [6, 6.07) is 19.8. The molecule has 3 aliphatic rings. The first kappa shape index (κ1) is 42.5. The number of carbonyl (C=O) groups excluding carboxylic acids is 3. The molecule has 0 aliphatic carbocycles. The molecule has 0 unspecified atom stereocenters. The van der Waals surface area contributed by atoms with Gasteiger partial charge in [0.05, 0.1) is 11.4 Å². The standard InChI is InChI=1S/C47H51F2N11O4/c1-47(2,3)45-53-44(64-56-45)43(62)51-27-32-5-4-31(25-37(32)48)41-36-24-33(28-50-42(36)55-54-41)30-6-8-34(9-7-30)59-22-20-57(21-23-59)16-12-29-13-17-58(18-14-29)35-10-11-39(38(49)26-35)60-19-15-40(61)52-46(60)63/h4-11,24-26,28-29H,12-23,27H2,1-3H3,(H,51,62)(H,50,54,55)(H,52,61,63). The first-order valence-corrected chi connectivity index (χ1v) is 21.8. The monoisotopic (exact) mass is 871 g/mol. The Morgan fingerprint density at radius 2 is 1.58 bits per heavy atom. The number of nitrogens with one attached hydrogen (secondary N) is 3. The average Bonchev–Trinajstić information content (AvgIpc) is 3.98. The summed E-state index contributed by atoms with van der Waals surface area (Å²) in [5.41, 5.74) is 5.81. The van der Waals surface area contributed by atoms with E-state index in [-0.39, 0.29) is 42.4 Å². The third kappa shape index (κ3) is 9.16. The SMILES string of the molecule is CC(C)(C)c1noc(C(=O)NCc2ccc(-c3[nH]nc4ncc(-c5ccc(N6CCN(CCC7CCN(c8ccc(N9CCC(=O)NC9=O)c(F)c8)CC7)CC6)cc5)cc34)cc2F)n1. The van der Waals surface area contributed by atoms with Gasteiger partial charge < -0.3 is 19.6 Å². The number of rotatable bonds is 11. The van der Waals surface area contributed by atoms with Crippen LogP contribution in [0.25, 0.3) is 33.4 Å². The predicted octanol–water partition coefficient (Wildman–Crippen LogP) is 7.06. The zero-order valence-corrected chi connectivity index (χ0v) is 36.2. The third-order valence-corrected chi connectivity index (χ3v) is 12.5. The summed E-state index contributed by atoms with van der Waals surface area (Å²) in [5, 5.41) is 17.0. The van der Waals surface area contributed by atoms with E-state index in [0.29, 0.717) is 34.2 Å². The van der Waals surface area contributed by atoms with Crippen LogP contribution in [-0.2, 0) is 16.8 Å². The average molecular weight is 872 g/mol. The number of H-pyrrole nitrogens is 1. The van der Waals surface area contributed by atoms with E-state index >= 15 is 8.78 Å². The number of hydrogen-bond donors (Lipinski definition) is 3. The summed E-state index contributed by atoms with van der Waals surface area (Å²) in [6.45, 7) is 12.5. The van der Waals surface area contributed by atoms with Crippen LogP contribution in [0.5, 0.6) is 0 Å². The van der Waals surface area contributed by atoms with E-state index in [4.69, 9.17) is 4.52 Å². The molecule has 3 fully saturated rings. The van der Waals surface area contributed by atoms with Gasteiger partial charge in [0, 0.05) is 104 Å². The largest absolute Gasteiger partial charge is 0.371 e. The number of aromatic amines is 1. The minimum Gasteiger partial charge on any atom is -0.371 e. The van der Waals surface area contributed by atoms with Crippen molar-refractivity contribution in [2.75, 3.05) is 67.1 Å². The molecule has 0 radical (unpaired) electrons. The van der Waals surface area contributed by atoms with Gasteiger partial charge in [-0.3, -0.25) is 29.8 Å². The van der Waals surface area contributed by atoms with Crippen LogP contribution in [0.1, 0.15) is 68.5 Å². The second kappa shape index (κ2) is 17.8. The number of anilines is 3. The van der Waals surface area contributed by atoms with Gasteiger partial charge in [-0.25, -0.2) is 18.6 Å². The van der Waals surface area contributed by atoms with Crippen LogP contribution in [0.3, 0.4) is 0 Å². The smallest absolute Gasteiger partial charge is 0.328 e. The van der Waals surface area contributed by atoms with Gasteiger partial charge in [-0.2, -0.15) is 10.1 Å². The molecule has 9 rings (SSSR count). The van der Waals surface area contributed by atoms with E-state index in [1.807, 2.05) is 32.9 Å². The lowest BCUT2D eigenvalue weighted by atomic mass is 9.93. The minimum absolute atomic E-state index is 0.0546. The molecule has 3 aromatic carbocycles. The summed E-state index contributed by atoms with van der Waals surface area (Å²) in [6.07, 6.45) is 5.19. The second-order valence-electron chi connectivity index (χ2n) is 17.8. The van der Waals surface area contributed by atoms with Gasteiger partial charge in [0.1, 0.15) is 11.6 Å². The van der Waals surface area contributed by atoms with Gasteiger partial charge in [-0.05, 0) is 79.8 Å². The Balaban J connectivity index is 0.744. The lowest BCUT2D eigenvalue weighted by Crippen LogP contribution is -2.49. The van der Waals surface area contributed by atoms with Crippen LogP contribution in [0.4, 0.5) is 30.6 Å². The van der Waals surface area contributed by atoms with E-state index in [2.05, 4.69) is 74.9 Å². The second-order valence-corrected chi connectivity index (χ2v) is 17.8. The van der Waals surface area contributed by atoms with Crippen molar-refractivity contribution in [1.29, 1.82) is 0 Å². The number of nitrogens with zero attached hydrogens (tertiary/aromatic N) is 8. The number of fused-ring (bicyclic) bond motifs is 1. The van der Waals surface area contributed by atoms with Crippen LogP contribution >= 0.6 is 0 Å². The van der Waals surface area contributed by atoms with Crippen molar-refractivity contribution < 1.29 is 27.7 Å². The topological polar surface area (TPSA) is 169 Å². The molecule has 6 heterocycles.